The van der Waals surface area contributed by atoms with Crippen LogP contribution in [-0.4, -0.2) is 11.5 Å². The van der Waals surface area contributed by atoms with Crippen molar-refractivity contribution in [2.45, 2.75) is 31.1 Å². The molecule has 1 aliphatic carbocycles. The maximum atomic E-state index is 6.30. The zero-order valence-corrected chi connectivity index (χ0v) is 10.6. The summed E-state index contributed by atoms with van der Waals surface area (Å²) in [5.41, 5.74) is 8.65. The minimum absolute atomic E-state index is 0.144. The van der Waals surface area contributed by atoms with Gasteiger partial charge >= 0.3 is 0 Å². The minimum atomic E-state index is 0.144. The summed E-state index contributed by atoms with van der Waals surface area (Å²) in [5.74, 6) is 0. The summed E-state index contributed by atoms with van der Waals surface area (Å²) >= 11 is 6.30. The monoisotopic (exact) mass is 248 g/mol. The Balaban J connectivity index is 2.25. The molecule has 1 aromatic carbocycles. The molecule has 1 saturated carbocycles. The van der Waals surface area contributed by atoms with Gasteiger partial charge in [0.25, 0.3) is 0 Å². The van der Waals surface area contributed by atoms with Crippen molar-refractivity contribution < 1.29 is 0 Å². The van der Waals surface area contributed by atoms with Gasteiger partial charge in [0.1, 0.15) is 0 Å². The summed E-state index contributed by atoms with van der Waals surface area (Å²) in [6.45, 7) is 0.716. The predicted molar refractivity (Wildman–Crippen MR) is 72.5 cm³/mol. The normalized spacial score (nSPS) is 18.9. The Labute approximate surface area is 106 Å². The summed E-state index contributed by atoms with van der Waals surface area (Å²) in [4.78, 5) is 3.22. The molecule has 0 radical (unpaired) electrons. The summed E-state index contributed by atoms with van der Waals surface area (Å²) in [5, 5.41) is 1.98. The number of H-pyrrole nitrogens is 1. The molecule has 3 rings (SSSR count). The second-order valence-corrected chi connectivity index (χ2v) is 5.46. The maximum Gasteiger partial charge on any atom is 0.0662 e. The summed E-state index contributed by atoms with van der Waals surface area (Å²) in [6.07, 6.45) is 6.79. The van der Waals surface area contributed by atoms with E-state index in [1.54, 1.807) is 0 Å². The van der Waals surface area contributed by atoms with Crippen LogP contribution in [0.2, 0.25) is 5.02 Å². The third-order valence-electron chi connectivity index (χ3n) is 4.18. The van der Waals surface area contributed by atoms with E-state index in [2.05, 4.69) is 23.2 Å². The first-order valence-electron chi connectivity index (χ1n) is 6.23. The Bertz CT molecular complexity index is 538. The van der Waals surface area contributed by atoms with Crippen molar-refractivity contribution in [3.05, 3.63) is 35.0 Å². The molecule has 1 heterocycles. The second-order valence-electron chi connectivity index (χ2n) is 5.06. The molecule has 17 heavy (non-hydrogen) atoms. The van der Waals surface area contributed by atoms with Gasteiger partial charge in [-0.25, -0.2) is 0 Å². The quantitative estimate of drug-likeness (QED) is 0.838. The van der Waals surface area contributed by atoms with Gasteiger partial charge < -0.3 is 10.7 Å². The van der Waals surface area contributed by atoms with Gasteiger partial charge in [-0.1, -0.05) is 36.6 Å². The van der Waals surface area contributed by atoms with Crippen LogP contribution in [0, 0.1) is 0 Å². The van der Waals surface area contributed by atoms with Crippen LogP contribution in [0.5, 0.6) is 0 Å². The topological polar surface area (TPSA) is 41.8 Å². The fourth-order valence-corrected chi connectivity index (χ4v) is 3.48. The van der Waals surface area contributed by atoms with Gasteiger partial charge in [0, 0.05) is 29.1 Å². The number of nitrogens with two attached hydrogens (primary N) is 1. The lowest BCUT2D eigenvalue weighted by Gasteiger charge is -2.28. The highest BCUT2D eigenvalue weighted by Crippen LogP contribution is 2.44. The zero-order chi connectivity index (χ0) is 11.9. The number of hydrogen-bond acceptors (Lipinski definition) is 1. The summed E-state index contributed by atoms with van der Waals surface area (Å²) in [7, 11) is 0. The Hall–Kier alpha value is -0.990. The van der Waals surface area contributed by atoms with Gasteiger partial charge in [0.2, 0.25) is 0 Å². The SMILES string of the molecule is NCC1(c2cccc3[nH]cc(Cl)c23)CCCC1. The molecule has 3 N–H and O–H groups in total. The molecule has 1 fully saturated rings. The molecule has 2 aromatic rings. The first-order chi connectivity index (χ1) is 8.27. The summed E-state index contributed by atoms with van der Waals surface area (Å²) in [6, 6.07) is 6.37. The maximum absolute atomic E-state index is 6.30. The van der Waals surface area contributed by atoms with Crippen LogP contribution in [0.4, 0.5) is 0 Å². The van der Waals surface area contributed by atoms with Crippen molar-refractivity contribution in [3.63, 3.8) is 0 Å². The van der Waals surface area contributed by atoms with Crippen molar-refractivity contribution in [2.24, 2.45) is 5.73 Å². The highest BCUT2D eigenvalue weighted by Gasteiger charge is 2.35. The van der Waals surface area contributed by atoms with Crippen molar-refractivity contribution in [2.75, 3.05) is 6.54 Å². The van der Waals surface area contributed by atoms with Gasteiger partial charge in [-0.15, -0.1) is 0 Å². The summed E-state index contributed by atoms with van der Waals surface area (Å²) < 4.78 is 0. The molecule has 0 atom stereocenters. The van der Waals surface area contributed by atoms with E-state index in [0.29, 0.717) is 6.54 Å². The lowest BCUT2D eigenvalue weighted by Crippen LogP contribution is -2.32. The molecule has 1 aromatic heterocycles. The lowest BCUT2D eigenvalue weighted by molar-refractivity contribution is 0.457. The third kappa shape index (κ3) is 1.59. The Morgan fingerprint density at radius 1 is 1.29 bits per heavy atom. The van der Waals surface area contributed by atoms with Crippen molar-refractivity contribution in [1.29, 1.82) is 0 Å². The van der Waals surface area contributed by atoms with Gasteiger partial charge in [-0.3, -0.25) is 0 Å². The van der Waals surface area contributed by atoms with E-state index in [4.69, 9.17) is 17.3 Å². The molecule has 90 valence electrons. The van der Waals surface area contributed by atoms with Gasteiger partial charge in [0.05, 0.1) is 5.02 Å². The van der Waals surface area contributed by atoms with Crippen LogP contribution < -0.4 is 5.73 Å². The van der Waals surface area contributed by atoms with E-state index in [9.17, 15) is 0 Å². The van der Waals surface area contributed by atoms with Crippen LogP contribution in [0.1, 0.15) is 31.2 Å². The van der Waals surface area contributed by atoms with Crippen LogP contribution in [-0.2, 0) is 5.41 Å². The predicted octanol–water partition coefficient (Wildman–Crippen LogP) is 3.59. The average molecular weight is 249 g/mol. The standard InChI is InChI=1S/C14H17ClN2/c15-11-8-17-12-5-3-4-10(13(11)12)14(9-16)6-1-2-7-14/h3-5,8,17H,1-2,6-7,9,16H2. The van der Waals surface area contributed by atoms with E-state index in [-0.39, 0.29) is 5.41 Å². The highest BCUT2D eigenvalue weighted by molar-refractivity contribution is 6.35. The molecule has 0 aliphatic heterocycles. The van der Waals surface area contributed by atoms with Gasteiger partial charge in [0.15, 0.2) is 0 Å². The fourth-order valence-electron chi connectivity index (χ4n) is 3.22. The molecule has 3 heteroatoms. The number of nitrogens with one attached hydrogen (secondary N) is 1. The Kier molecular flexibility index (Phi) is 2.64. The minimum Gasteiger partial charge on any atom is -0.360 e. The van der Waals surface area contributed by atoms with Crippen LogP contribution in [0.3, 0.4) is 0 Å². The molecule has 0 spiro atoms. The van der Waals surface area contributed by atoms with E-state index in [1.807, 2.05) is 6.20 Å². The van der Waals surface area contributed by atoms with E-state index < -0.39 is 0 Å². The average Bonchev–Trinajstić information content (AvgIpc) is 2.97. The molecule has 2 nitrogen and oxygen atoms in total. The number of rotatable bonds is 2. The van der Waals surface area contributed by atoms with Crippen LogP contribution in [0.15, 0.2) is 24.4 Å². The Morgan fingerprint density at radius 3 is 2.76 bits per heavy atom. The third-order valence-corrected chi connectivity index (χ3v) is 4.48. The number of fused-ring (bicyclic) bond motifs is 1. The first kappa shape index (κ1) is 11.1. The molecular weight excluding hydrogens is 232 g/mol. The van der Waals surface area contributed by atoms with Gasteiger partial charge in [-0.2, -0.15) is 0 Å². The van der Waals surface area contributed by atoms with Crippen LogP contribution >= 0.6 is 11.6 Å². The largest absolute Gasteiger partial charge is 0.360 e. The molecule has 0 amide bonds. The zero-order valence-electron chi connectivity index (χ0n) is 9.80. The smallest absolute Gasteiger partial charge is 0.0662 e. The van der Waals surface area contributed by atoms with E-state index >= 15 is 0 Å². The number of benzene rings is 1. The number of halogens is 1. The van der Waals surface area contributed by atoms with Crippen molar-refractivity contribution in [3.8, 4) is 0 Å². The second kappa shape index (κ2) is 4.04. The molecule has 0 bridgehead atoms. The molecule has 0 unspecified atom stereocenters. The Morgan fingerprint density at radius 2 is 2.06 bits per heavy atom. The number of aromatic nitrogens is 1. The number of hydrogen-bond donors (Lipinski definition) is 2. The molecule has 1 aliphatic rings. The van der Waals surface area contributed by atoms with Gasteiger partial charge in [-0.05, 0) is 24.5 Å². The molecule has 0 saturated heterocycles. The van der Waals surface area contributed by atoms with E-state index in [1.165, 1.54) is 36.6 Å². The molecular formula is C14H17ClN2. The lowest BCUT2D eigenvalue weighted by atomic mass is 9.77. The van der Waals surface area contributed by atoms with Crippen molar-refractivity contribution >= 4 is 22.5 Å². The number of aromatic amines is 1. The highest BCUT2D eigenvalue weighted by atomic mass is 35.5. The first-order valence-corrected chi connectivity index (χ1v) is 6.61. The fraction of sp³-hybridized carbons (Fsp3) is 0.429. The van der Waals surface area contributed by atoms with Crippen molar-refractivity contribution in [1.82, 2.24) is 4.98 Å². The van der Waals surface area contributed by atoms with Crippen LogP contribution in [0.25, 0.3) is 10.9 Å². The van der Waals surface area contributed by atoms with E-state index in [0.717, 1.165) is 10.5 Å².